The van der Waals surface area contributed by atoms with Gasteiger partial charge < -0.3 is 60.5 Å². The predicted molar refractivity (Wildman–Crippen MR) is 143 cm³/mol. The lowest BCUT2D eigenvalue weighted by Crippen LogP contribution is -2.36. The molecular weight excluding hydrogens is 552 g/mol. The maximum absolute atomic E-state index is 11.8. The van der Waals surface area contributed by atoms with Gasteiger partial charge in [0.15, 0.2) is 29.1 Å². The van der Waals surface area contributed by atoms with Gasteiger partial charge in [-0.15, -0.1) is 0 Å². The summed E-state index contributed by atoms with van der Waals surface area (Å²) in [4.78, 5) is 0. The molecule has 2 aliphatic rings. The van der Waals surface area contributed by atoms with Crippen molar-refractivity contribution in [1.29, 1.82) is 0 Å². The maximum atomic E-state index is 11.8. The van der Waals surface area contributed by atoms with E-state index in [1.165, 1.54) is 42.5 Å². The third kappa shape index (κ3) is 4.24. The second kappa shape index (κ2) is 9.72. The average molecular weight is 579 g/mol. The summed E-state index contributed by atoms with van der Waals surface area (Å²) < 4.78 is 12.1. The normalized spacial score (nSPS) is 22.9. The van der Waals surface area contributed by atoms with E-state index in [1.807, 2.05) is 0 Å². The number of benzene rings is 4. The molecule has 10 N–H and O–H groups in total. The van der Waals surface area contributed by atoms with Crippen LogP contribution in [-0.4, -0.2) is 63.3 Å². The van der Waals surface area contributed by atoms with Crippen molar-refractivity contribution in [2.24, 2.45) is 0 Å². The molecule has 0 amide bonds. The van der Waals surface area contributed by atoms with E-state index in [0.717, 1.165) is 12.1 Å². The summed E-state index contributed by atoms with van der Waals surface area (Å²) in [6.07, 6.45) is -5.43. The average Bonchev–Trinajstić information content (AvgIpc) is 2.93. The fourth-order valence-corrected chi connectivity index (χ4v) is 5.71. The first-order valence-corrected chi connectivity index (χ1v) is 12.8. The lowest BCUT2D eigenvalue weighted by molar-refractivity contribution is 0.00115. The van der Waals surface area contributed by atoms with Crippen LogP contribution in [-0.2, 0) is 6.42 Å². The Hall–Kier alpha value is -5.20. The van der Waals surface area contributed by atoms with Gasteiger partial charge in [-0.05, 0) is 35.4 Å². The van der Waals surface area contributed by atoms with Crippen molar-refractivity contribution < 1.29 is 60.5 Å². The molecule has 2 heterocycles. The van der Waals surface area contributed by atoms with Gasteiger partial charge in [0.05, 0.1) is 12.0 Å². The van der Waals surface area contributed by atoms with E-state index in [1.54, 1.807) is 0 Å². The number of aliphatic hydroxyl groups excluding tert-OH is 2. The Labute approximate surface area is 237 Å². The molecule has 218 valence electrons. The molecule has 5 atom stereocenters. The molecule has 0 aliphatic carbocycles. The van der Waals surface area contributed by atoms with Crippen LogP contribution in [0.5, 0.6) is 57.5 Å². The van der Waals surface area contributed by atoms with Gasteiger partial charge >= 0.3 is 0 Å². The van der Waals surface area contributed by atoms with E-state index in [9.17, 15) is 51.1 Å². The molecule has 0 radical (unpaired) electrons. The molecule has 2 aliphatic heterocycles. The highest BCUT2D eigenvalue weighted by Crippen LogP contribution is 2.57. The van der Waals surface area contributed by atoms with E-state index in [0.29, 0.717) is 0 Å². The van der Waals surface area contributed by atoms with Crippen LogP contribution < -0.4 is 9.47 Å². The summed E-state index contributed by atoms with van der Waals surface area (Å²) in [5.74, 6) is -5.08. The third-order valence-electron chi connectivity index (χ3n) is 7.67. The minimum absolute atomic E-state index is 0.0312. The van der Waals surface area contributed by atoms with Crippen LogP contribution in [0.2, 0.25) is 0 Å². The number of fused-ring (bicyclic) bond motifs is 2. The molecule has 0 saturated heterocycles. The molecule has 12 nitrogen and oxygen atoms in total. The van der Waals surface area contributed by atoms with Gasteiger partial charge in [0.2, 0.25) is 0 Å². The lowest BCUT2D eigenvalue weighted by atomic mass is 9.77. The summed E-state index contributed by atoms with van der Waals surface area (Å²) in [6, 6.07) is 10.8. The van der Waals surface area contributed by atoms with Gasteiger partial charge in [-0.2, -0.15) is 0 Å². The van der Waals surface area contributed by atoms with Crippen LogP contribution in [0.15, 0.2) is 54.6 Å². The van der Waals surface area contributed by atoms with Crippen molar-refractivity contribution in [3.63, 3.8) is 0 Å². The van der Waals surface area contributed by atoms with E-state index >= 15 is 0 Å². The van der Waals surface area contributed by atoms with E-state index < -0.39 is 70.6 Å². The fourth-order valence-electron chi connectivity index (χ4n) is 5.71. The Bertz CT molecular complexity index is 1720. The standard InChI is InChI=1S/C30H26O12/c31-13-7-20(37)24-23(8-13)41-29(12-2-4-16(33)19(36)6-12)27(40)26(24)25-21(38)10-17(34)14-9-22(39)28(42-30(14)25)11-1-3-15(32)18(35)5-11/h1-8,10,22,26-29,31-40H,9H2/t22-,26-,27-,28?,29+/m0/s1. The molecule has 0 spiro atoms. The monoisotopic (exact) mass is 578 g/mol. The molecule has 0 saturated carbocycles. The quantitative estimate of drug-likeness (QED) is 0.159. The zero-order valence-electron chi connectivity index (χ0n) is 21.6. The number of aromatic hydroxyl groups is 8. The van der Waals surface area contributed by atoms with Crippen LogP contribution >= 0.6 is 0 Å². The summed E-state index contributed by atoms with van der Waals surface area (Å²) in [6.45, 7) is 0. The van der Waals surface area contributed by atoms with Crippen molar-refractivity contribution >= 4 is 0 Å². The molecule has 1 unspecified atom stereocenters. The largest absolute Gasteiger partial charge is 0.508 e. The molecule has 12 heteroatoms. The maximum Gasteiger partial charge on any atom is 0.157 e. The van der Waals surface area contributed by atoms with Gasteiger partial charge in [-0.3, -0.25) is 0 Å². The van der Waals surface area contributed by atoms with Gasteiger partial charge in [0.25, 0.3) is 0 Å². The Morgan fingerprint density at radius 2 is 1.14 bits per heavy atom. The number of aliphatic hydroxyl groups is 2. The number of hydrogen-bond acceptors (Lipinski definition) is 12. The summed E-state index contributed by atoms with van der Waals surface area (Å²) in [7, 11) is 0. The second-order valence-corrected chi connectivity index (χ2v) is 10.3. The van der Waals surface area contributed by atoms with Crippen LogP contribution in [0.25, 0.3) is 0 Å². The highest BCUT2D eigenvalue weighted by Gasteiger charge is 2.46. The molecule has 6 rings (SSSR count). The van der Waals surface area contributed by atoms with E-state index in [4.69, 9.17) is 9.47 Å². The lowest BCUT2D eigenvalue weighted by Gasteiger charge is -2.40. The van der Waals surface area contributed by atoms with E-state index in [2.05, 4.69) is 0 Å². The van der Waals surface area contributed by atoms with Crippen molar-refractivity contribution in [3.05, 3.63) is 82.4 Å². The third-order valence-corrected chi connectivity index (χ3v) is 7.67. The molecule has 4 aromatic rings. The fraction of sp³-hybridized carbons (Fsp3) is 0.200. The first kappa shape index (κ1) is 27.0. The van der Waals surface area contributed by atoms with Crippen molar-refractivity contribution in [3.8, 4) is 57.5 Å². The predicted octanol–water partition coefficient (Wildman–Crippen LogP) is 3.00. The van der Waals surface area contributed by atoms with Gasteiger partial charge in [0.1, 0.15) is 46.7 Å². The summed E-state index contributed by atoms with van der Waals surface area (Å²) in [5, 5.41) is 105. The number of ether oxygens (including phenoxy) is 2. The Kier molecular flexibility index (Phi) is 6.24. The molecule has 4 aromatic carbocycles. The van der Waals surface area contributed by atoms with Crippen LogP contribution in [0.1, 0.15) is 45.9 Å². The highest BCUT2D eigenvalue weighted by atomic mass is 16.5. The zero-order chi connectivity index (χ0) is 30.0. The first-order chi connectivity index (χ1) is 19.9. The number of rotatable bonds is 3. The van der Waals surface area contributed by atoms with Gasteiger partial charge in [-0.25, -0.2) is 0 Å². The molecule has 42 heavy (non-hydrogen) atoms. The first-order valence-electron chi connectivity index (χ1n) is 12.8. The van der Waals surface area contributed by atoms with E-state index in [-0.39, 0.29) is 51.5 Å². The van der Waals surface area contributed by atoms with Gasteiger partial charge in [0, 0.05) is 41.3 Å². The Balaban J connectivity index is 1.55. The molecular formula is C30H26O12. The second-order valence-electron chi connectivity index (χ2n) is 10.3. The molecule has 0 aromatic heterocycles. The summed E-state index contributed by atoms with van der Waals surface area (Å²) in [5.41, 5.74) is 0.435. The van der Waals surface area contributed by atoms with Crippen LogP contribution in [0.4, 0.5) is 0 Å². The van der Waals surface area contributed by atoms with Crippen molar-refractivity contribution in [1.82, 2.24) is 0 Å². The SMILES string of the molecule is Oc1cc(O)c2c(c1)O[C@H](c1ccc(O)c(O)c1)[C@@H](O)[C@@H]2c1c(O)cc(O)c2c1OC(c1ccc(O)c(O)c1)[C@@H](O)C2. The number of hydrogen-bond donors (Lipinski definition) is 10. The topological polar surface area (TPSA) is 221 Å². The Morgan fingerprint density at radius 3 is 1.76 bits per heavy atom. The minimum Gasteiger partial charge on any atom is -0.508 e. The smallest absolute Gasteiger partial charge is 0.157 e. The van der Waals surface area contributed by atoms with Crippen LogP contribution in [0, 0.1) is 0 Å². The van der Waals surface area contributed by atoms with Crippen LogP contribution in [0.3, 0.4) is 0 Å². The zero-order valence-corrected chi connectivity index (χ0v) is 21.6. The van der Waals surface area contributed by atoms with Crippen molar-refractivity contribution in [2.75, 3.05) is 0 Å². The summed E-state index contributed by atoms with van der Waals surface area (Å²) >= 11 is 0. The Morgan fingerprint density at radius 1 is 0.548 bits per heavy atom. The molecule has 0 fully saturated rings. The van der Waals surface area contributed by atoms with Crippen molar-refractivity contribution in [2.45, 2.75) is 36.8 Å². The minimum atomic E-state index is -1.59. The highest BCUT2D eigenvalue weighted by molar-refractivity contribution is 5.65. The van der Waals surface area contributed by atoms with Gasteiger partial charge in [-0.1, -0.05) is 12.1 Å². The number of phenolic OH excluding ortho intramolecular Hbond substituents is 8. The number of phenols is 8. The molecule has 0 bridgehead atoms.